The van der Waals surface area contributed by atoms with Gasteiger partial charge in [0.25, 0.3) is 11.6 Å². The topological polar surface area (TPSA) is 131 Å². The Hall–Kier alpha value is -3.60. The Bertz CT molecular complexity index is 1030. The van der Waals surface area contributed by atoms with Crippen LogP contribution in [0.2, 0.25) is 0 Å². The Morgan fingerprint density at radius 2 is 1.94 bits per heavy atom. The highest BCUT2D eigenvalue weighted by molar-refractivity contribution is 7.99. The van der Waals surface area contributed by atoms with Crippen molar-refractivity contribution in [2.45, 2.75) is 19.0 Å². The lowest BCUT2D eigenvalue weighted by Crippen LogP contribution is -2.52. The number of anilines is 1. The second kappa shape index (κ2) is 10.1. The number of rotatable bonds is 7. The number of carbonyl (C=O) groups is 3. The zero-order chi connectivity index (χ0) is 23.3. The summed E-state index contributed by atoms with van der Waals surface area (Å²) >= 11 is 1.44. The molecule has 3 amide bonds. The Labute approximate surface area is 188 Å². The first-order chi connectivity index (χ1) is 15.3. The van der Waals surface area contributed by atoms with E-state index in [4.69, 9.17) is 4.74 Å². The van der Waals surface area contributed by atoms with E-state index in [0.717, 1.165) is 6.07 Å². The number of amides is 3. The number of carbonyl (C=O) groups excluding carboxylic acids is 3. The van der Waals surface area contributed by atoms with Crippen LogP contribution in [-0.4, -0.2) is 58.4 Å². The SMILES string of the molecule is COc1ccc(NC(=O)C2CSCN2C(=O)C(C)NC(=O)c2cccc([N+](=O)[O-])c2)cc1. The standard InChI is InChI=1S/C21H22N4O6S/c1-13(22-19(26)14-4-3-5-16(10-14)25(29)30)21(28)24-12-32-11-18(24)20(27)23-15-6-8-17(31-2)9-7-15/h3-10,13,18H,11-12H2,1-2H3,(H,22,26)(H,23,27). The molecule has 32 heavy (non-hydrogen) atoms. The second-order valence-electron chi connectivity index (χ2n) is 7.04. The lowest BCUT2D eigenvalue weighted by Gasteiger charge is -2.26. The molecule has 2 aromatic rings. The largest absolute Gasteiger partial charge is 0.497 e. The van der Waals surface area contributed by atoms with Crippen LogP contribution >= 0.6 is 11.8 Å². The van der Waals surface area contributed by atoms with Crippen LogP contribution in [0, 0.1) is 10.1 Å². The fourth-order valence-corrected chi connectivity index (χ4v) is 4.29. The fourth-order valence-electron chi connectivity index (χ4n) is 3.13. The van der Waals surface area contributed by atoms with Crippen molar-refractivity contribution in [3.8, 4) is 5.75 Å². The van der Waals surface area contributed by atoms with Gasteiger partial charge in [-0.25, -0.2) is 0 Å². The minimum Gasteiger partial charge on any atom is -0.497 e. The minimum atomic E-state index is -0.920. The summed E-state index contributed by atoms with van der Waals surface area (Å²) in [4.78, 5) is 49.9. The molecule has 2 atom stereocenters. The van der Waals surface area contributed by atoms with E-state index in [2.05, 4.69) is 10.6 Å². The molecule has 0 aliphatic carbocycles. The van der Waals surface area contributed by atoms with Crippen LogP contribution in [0.4, 0.5) is 11.4 Å². The molecule has 0 aromatic heterocycles. The van der Waals surface area contributed by atoms with Crippen molar-refractivity contribution in [1.82, 2.24) is 10.2 Å². The summed E-state index contributed by atoms with van der Waals surface area (Å²) in [5.41, 5.74) is 0.429. The van der Waals surface area contributed by atoms with Crippen LogP contribution in [0.5, 0.6) is 5.75 Å². The summed E-state index contributed by atoms with van der Waals surface area (Å²) in [5, 5.41) is 16.3. The summed E-state index contributed by atoms with van der Waals surface area (Å²) in [7, 11) is 1.55. The second-order valence-corrected chi connectivity index (χ2v) is 8.04. The Balaban J connectivity index is 1.63. The number of non-ortho nitro benzene ring substituents is 1. The molecule has 2 unspecified atom stereocenters. The van der Waals surface area contributed by atoms with Crippen LogP contribution < -0.4 is 15.4 Å². The Morgan fingerprint density at radius 1 is 1.22 bits per heavy atom. The van der Waals surface area contributed by atoms with E-state index in [0.29, 0.717) is 23.1 Å². The third kappa shape index (κ3) is 5.35. The van der Waals surface area contributed by atoms with Gasteiger partial charge < -0.3 is 20.3 Å². The van der Waals surface area contributed by atoms with Gasteiger partial charge in [0.15, 0.2) is 0 Å². The van der Waals surface area contributed by atoms with Gasteiger partial charge in [-0.15, -0.1) is 11.8 Å². The first-order valence-electron chi connectivity index (χ1n) is 9.68. The predicted octanol–water partition coefficient (Wildman–Crippen LogP) is 2.26. The molecule has 1 fully saturated rings. The number of methoxy groups -OCH3 is 1. The minimum absolute atomic E-state index is 0.0726. The lowest BCUT2D eigenvalue weighted by atomic mass is 10.1. The normalized spacial score (nSPS) is 16.2. The number of nitro benzene ring substituents is 1. The molecule has 1 aliphatic heterocycles. The third-order valence-electron chi connectivity index (χ3n) is 4.86. The molecule has 3 rings (SSSR count). The van der Waals surface area contributed by atoms with Crippen molar-refractivity contribution in [1.29, 1.82) is 0 Å². The van der Waals surface area contributed by atoms with Gasteiger partial charge in [0, 0.05) is 29.1 Å². The van der Waals surface area contributed by atoms with Crippen LogP contribution in [0.1, 0.15) is 17.3 Å². The van der Waals surface area contributed by atoms with Gasteiger partial charge in [-0.3, -0.25) is 24.5 Å². The van der Waals surface area contributed by atoms with Crippen molar-refractivity contribution in [2.75, 3.05) is 24.1 Å². The van der Waals surface area contributed by atoms with E-state index in [1.807, 2.05) is 0 Å². The number of benzene rings is 2. The van der Waals surface area contributed by atoms with Crippen molar-refractivity contribution in [3.05, 3.63) is 64.2 Å². The van der Waals surface area contributed by atoms with Crippen LogP contribution in [0.3, 0.4) is 0 Å². The molecule has 168 valence electrons. The molecule has 2 aromatic carbocycles. The molecule has 0 radical (unpaired) electrons. The van der Waals surface area contributed by atoms with E-state index in [1.165, 1.54) is 41.8 Å². The summed E-state index contributed by atoms with van der Waals surface area (Å²) < 4.78 is 5.09. The maximum absolute atomic E-state index is 12.9. The molecular weight excluding hydrogens is 436 g/mol. The molecule has 10 nitrogen and oxygen atoms in total. The number of nitro groups is 1. The van der Waals surface area contributed by atoms with Crippen molar-refractivity contribution in [3.63, 3.8) is 0 Å². The number of nitrogens with zero attached hydrogens (tertiary/aromatic N) is 2. The van der Waals surface area contributed by atoms with E-state index in [9.17, 15) is 24.5 Å². The zero-order valence-corrected chi connectivity index (χ0v) is 18.3. The molecule has 11 heteroatoms. The fraction of sp³-hybridized carbons (Fsp3) is 0.286. The number of nitrogens with one attached hydrogen (secondary N) is 2. The quantitative estimate of drug-likeness (QED) is 0.481. The van der Waals surface area contributed by atoms with Crippen LogP contribution in [0.25, 0.3) is 0 Å². The average Bonchev–Trinajstić information content (AvgIpc) is 3.29. The van der Waals surface area contributed by atoms with Crippen LogP contribution in [-0.2, 0) is 9.59 Å². The Morgan fingerprint density at radius 3 is 2.59 bits per heavy atom. The molecule has 1 aliphatic rings. The highest BCUT2D eigenvalue weighted by Crippen LogP contribution is 2.24. The molecule has 1 heterocycles. The molecule has 2 N–H and O–H groups in total. The number of ether oxygens (including phenoxy) is 1. The Kier molecular flexibility index (Phi) is 7.31. The van der Waals surface area contributed by atoms with Crippen molar-refractivity contribution < 1.29 is 24.0 Å². The number of hydrogen-bond donors (Lipinski definition) is 2. The predicted molar refractivity (Wildman–Crippen MR) is 120 cm³/mol. The molecule has 0 spiro atoms. The van der Waals surface area contributed by atoms with Gasteiger partial charge in [0.1, 0.15) is 17.8 Å². The maximum atomic E-state index is 12.9. The molecule has 0 saturated carbocycles. The monoisotopic (exact) mass is 458 g/mol. The van der Waals surface area contributed by atoms with Crippen LogP contribution in [0.15, 0.2) is 48.5 Å². The number of hydrogen-bond acceptors (Lipinski definition) is 7. The van der Waals surface area contributed by atoms with E-state index >= 15 is 0 Å². The summed E-state index contributed by atoms with van der Waals surface area (Å²) in [6.07, 6.45) is 0. The molecule has 0 bridgehead atoms. The van der Waals surface area contributed by atoms with Gasteiger partial charge in [-0.05, 0) is 37.3 Å². The first-order valence-corrected chi connectivity index (χ1v) is 10.8. The maximum Gasteiger partial charge on any atom is 0.270 e. The molecule has 1 saturated heterocycles. The average molecular weight is 458 g/mol. The zero-order valence-electron chi connectivity index (χ0n) is 17.4. The van der Waals surface area contributed by atoms with E-state index < -0.39 is 28.8 Å². The van der Waals surface area contributed by atoms with E-state index in [1.54, 1.807) is 31.4 Å². The highest BCUT2D eigenvalue weighted by Gasteiger charge is 2.37. The van der Waals surface area contributed by atoms with Crippen molar-refractivity contribution in [2.24, 2.45) is 0 Å². The summed E-state index contributed by atoms with van der Waals surface area (Å²) in [6.45, 7) is 1.51. The van der Waals surface area contributed by atoms with Crippen molar-refractivity contribution >= 4 is 40.9 Å². The lowest BCUT2D eigenvalue weighted by molar-refractivity contribution is -0.384. The third-order valence-corrected chi connectivity index (χ3v) is 5.87. The first kappa shape index (κ1) is 23.1. The van der Waals surface area contributed by atoms with E-state index in [-0.39, 0.29) is 17.2 Å². The van der Waals surface area contributed by atoms with Gasteiger partial charge in [0.05, 0.1) is 17.9 Å². The van der Waals surface area contributed by atoms with Gasteiger partial charge in [-0.2, -0.15) is 0 Å². The van der Waals surface area contributed by atoms with Gasteiger partial charge in [0.2, 0.25) is 11.8 Å². The highest BCUT2D eigenvalue weighted by atomic mass is 32.2. The summed E-state index contributed by atoms with van der Waals surface area (Å²) in [6, 6.07) is 10.5. The van der Waals surface area contributed by atoms with Gasteiger partial charge in [-0.1, -0.05) is 6.07 Å². The van der Waals surface area contributed by atoms with Gasteiger partial charge >= 0.3 is 0 Å². The summed E-state index contributed by atoms with van der Waals surface area (Å²) in [5.74, 6) is 0.0510. The number of thioether (sulfide) groups is 1. The smallest absolute Gasteiger partial charge is 0.270 e. The molecular formula is C21H22N4O6S.